The Hall–Kier alpha value is -2.09. The van der Waals surface area contributed by atoms with Gasteiger partial charge >= 0.3 is 6.18 Å². The Morgan fingerprint density at radius 3 is 2.35 bits per heavy atom. The summed E-state index contributed by atoms with van der Waals surface area (Å²) in [7, 11) is 4.39. The van der Waals surface area contributed by atoms with Crippen LogP contribution in [0.1, 0.15) is 25.3 Å². The van der Waals surface area contributed by atoms with E-state index in [9.17, 15) is 18.0 Å². The highest BCUT2D eigenvalue weighted by atomic mass is 35.5. The summed E-state index contributed by atoms with van der Waals surface area (Å²) in [5.74, 6) is -0.638. The largest absolute Gasteiger partial charge is 0.417 e. The molecule has 170 valence electrons. The third-order valence-corrected chi connectivity index (χ3v) is 5.80. The second kappa shape index (κ2) is 10.5. The second-order valence-electron chi connectivity index (χ2n) is 8.22. The first-order chi connectivity index (χ1) is 14.4. The Labute approximate surface area is 186 Å². The summed E-state index contributed by atoms with van der Waals surface area (Å²) in [6.45, 7) is 6.95. The van der Waals surface area contributed by atoms with Gasteiger partial charge in [-0.3, -0.25) is 4.79 Å². The van der Waals surface area contributed by atoms with E-state index in [2.05, 4.69) is 26.0 Å². The molecule has 1 N–H and O–H groups in total. The average molecular weight is 458 g/mol. The summed E-state index contributed by atoms with van der Waals surface area (Å²) in [5.41, 5.74) is 0.390. The van der Waals surface area contributed by atoms with E-state index in [4.69, 9.17) is 16.3 Å². The fourth-order valence-corrected chi connectivity index (χ4v) is 3.75. The number of alkyl halides is 3. The van der Waals surface area contributed by atoms with Crippen LogP contribution in [0.25, 0.3) is 0 Å². The molecule has 0 unspecified atom stereocenters. The molecule has 0 atom stereocenters. The molecule has 1 aromatic carbocycles. The molecule has 31 heavy (non-hydrogen) atoms. The predicted octanol–water partition coefficient (Wildman–Crippen LogP) is 5.57. The van der Waals surface area contributed by atoms with Crippen molar-refractivity contribution in [2.24, 2.45) is 0 Å². The minimum absolute atomic E-state index is 0.117. The summed E-state index contributed by atoms with van der Waals surface area (Å²) in [6, 6.07) is 7.87. The second-order valence-corrected chi connectivity index (χ2v) is 8.63. The first-order valence-electron chi connectivity index (χ1n) is 10.0. The maximum atomic E-state index is 13.1. The average Bonchev–Trinajstić information content (AvgIpc) is 2.72. The van der Waals surface area contributed by atoms with Crippen molar-refractivity contribution in [1.82, 2.24) is 0 Å². The van der Waals surface area contributed by atoms with E-state index in [1.165, 1.54) is 6.92 Å². The van der Waals surface area contributed by atoms with Gasteiger partial charge in [-0.2, -0.15) is 13.2 Å². The molecule has 0 aromatic heterocycles. The van der Waals surface area contributed by atoms with Crippen LogP contribution in [-0.4, -0.2) is 49.9 Å². The van der Waals surface area contributed by atoms with Gasteiger partial charge in [-0.1, -0.05) is 36.4 Å². The van der Waals surface area contributed by atoms with Crippen LogP contribution >= 0.6 is 11.6 Å². The normalized spacial score (nSPS) is 17.2. The Morgan fingerprint density at radius 2 is 1.84 bits per heavy atom. The van der Waals surface area contributed by atoms with Gasteiger partial charge in [-0.05, 0) is 25.1 Å². The van der Waals surface area contributed by atoms with E-state index in [-0.39, 0.29) is 5.57 Å². The number of hydrogen-bond acceptors (Lipinski definition) is 2. The number of rotatable bonds is 7. The lowest BCUT2D eigenvalue weighted by molar-refractivity contribution is -0.929. The van der Waals surface area contributed by atoms with E-state index >= 15 is 0 Å². The topological polar surface area (TPSA) is 38.3 Å². The Bertz CT molecular complexity index is 853. The smallest absolute Gasteiger partial charge is 0.381 e. The zero-order chi connectivity index (χ0) is 23.2. The highest BCUT2D eigenvalue weighted by molar-refractivity contribution is 6.31. The molecule has 2 rings (SSSR count). The number of carbonyl (C=O) groups is 1. The maximum Gasteiger partial charge on any atom is 0.417 e. The quantitative estimate of drug-likeness (QED) is 0.330. The van der Waals surface area contributed by atoms with Gasteiger partial charge in [0, 0.05) is 29.7 Å². The minimum Gasteiger partial charge on any atom is -0.381 e. The molecule has 1 aliphatic heterocycles. The van der Waals surface area contributed by atoms with Crippen molar-refractivity contribution in [3.05, 3.63) is 64.7 Å². The van der Waals surface area contributed by atoms with Gasteiger partial charge in [-0.15, -0.1) is 0 Å². The fraction of sp³-hybridized carbons (Fsp3) is 0.435. The summed E-state index contributed by atoms with van der Waals surface area (Å²) in [4.78, 5) is 12.4. The Morgan fingerprint density at radius 1 is 1.26 bits per heavy atom. The standard InChI is InChI=1S/C23H28ClF3N2O2/c1-5-21(24)20(23(25,26)27)14-16(2)22(30)28-18-8-6-17(7-9-18)15-29(3,4)19-10-12-31-13-11-19/h5-9,14,19H,1,10-13,15H2,2-4H3/p+1/b16-14+,21-20-. The molecule has 1 amide bonds. The van der Waals surface area contributed by atoms with E-state index in [0.29, 0.717) is 11.7 Å². The number of nitrogens with one attached hydrogen (secondary N) is 1. The van der Waals surface area contributed by atoms with Gasteiger partial charge in [0.15, 0.2) is 0 Å². The molecule has 1 heterocycles. The van der Waals surface area contributed by atoms with Crippen LogP contribution in [0.4, 0.5) is 18.9 Å². The summed E-state index contributed by atoms with van der Waals surface area (Å²) < 4.78 is 45.7. The Kier molecular flexibility index (Phi) is 8.51. The van der Waals surface area contributed by atoms with E-state index in [0.717, 1.165) is 54.8 Å². The van der Waals surface area contributed by atoms with Gasteiger partial charge in [0.2, 0.25) is 0 Å². The number of ether oxygens (including phenoxy) is 1. The molecule has 0 bridgehead atoms. The number of amides is 1. The number of allylic oxidation sites excluding steroid dienone is 4. The predicted molar refractivity (Wildman–Crippen MR) is 118 cm³/mol. The van der Waals surface area contributed by atoms with Gasteiger partial charge in [0.25, 0.3) is 5.91 Å². The fourth-order valence-electron chi connectivity index (χ4n) is 3.59. The van der Waals surface area contributed by atoms with Crippen molar-refractivity contribution in [3.8, 4) is 0 Å². The highest BCUT2D eigenvalue weighted by Gasteiger charge is 2.34. The summed E-state index contributed by atoms with van der Waals surface area (Å²) in [6.07, 6.45) is -1.02. The number of halogens is 4. The zero-order valence-corrected chi connectivity index (χ0v) is 18.8. The molecule has 0 saturated carbocycles. The maximum absolute atomic E-state index is 13.1. The van der Waals surface area contributed by atoms with Crippen molar-refractivity contribution in [2.75, 3.05) is 32.6 Å². The molecule has 0 aliphatic carbocycles. The molecule has 0 radical (unpaired) electrons. The third-order valence-electron chi connectivity index (χ3n) is 5.44. The van der Waals surface area contributed by atoms with Crippen LogP contribution in [0.5, 0.6) is 0 Å². The van der Waals surface area contributed by atoms with Gasteiger partial charge < -0.3 is 14.5 Å². The summed E-state index contributed by atoms with van der Waals surface area (Å²) in [5, 5.41) is 2.06. The first-order valence-corrected chi connectivity index (χ1v) is 10.4. The van der Waals surface area contributed by atoms with Crippen molar-refractivity contribution in [1.29, 1.82) is 0 Å². The van der Waals surface area contributed by atoms with Crippen LogP contribution in [-0.2, 0) is 16.1 Å². The molecule has 0 spiro atoms. The molecule has 1 saturated heterocycles. The van der Waals surface area contributed by atoms with E-state index < -0.39 is 22.7 Å². The number of benzene rings is 1. The third kappa shape index (κ3) is 7.23. The van der Waals surface area contributed by atoms with Gasteiger partial charge in [0.05, 0.1) is 44.0 Å². The molecule has 1 aromatic rings. The van der Waals surface area contributed by atoms with Crippen molar-refractivity contribution >= 4 is 23.2 Å². The van der Waals surface area contributed by atoms with Crippen LogP contribution in [0.3, 0.4) is 0 Å². The molecule has 1 aliphatic rings. The van der Waals surface area contributed by atoms with Crippen LogP contribution < -0.4 is 5.32 Å². The van der Waals surface area contributed by atoms with Gasteiger partial charge in [-0.25, -0.2) is 0 Å². The van der Waals surface area contributed by atoms with Crippen molar-refractivity contribution in [3.63, 3.8) is 0 Å². The molecular weight excluding hydrogens is 429 g/mol. The molecule has 8 heteroatoms. The number of quaternary nitrogens is 1. The lowest BCUT2D eigenvalue weighted by Crippen LogP contribution is -2.50. The van der Waals surface area contributed by atoms with E-state index in [1.807, 2.05) is 12.1 Å². The van der Waals surface area contributed by atoms with Gasteiger partial charge in [0.1, 0.15) is 6.54 Å². The monoisotopic (exact) mass is 457 g/mol. The highest BCUT2D eigenvalue weighted by Crippen LogP contribution is 2.32. The summed E-state index contributed by atoms with van der Waals surface area (Å²) >= 11 is 5.61. The number of anilines is 1. The van der Waals surface area contributed by atoms with Crippen LogP contribution in [0.2, 0.25) is 0 Å². The van der Waals surface area contributed by atoms with Crippen LogP contribution in [0, 0.1) is 0 Å². The van der Waals surface area contributed by atoms with Crippen LogP contribution in [0.15, 0.2) is 59.2 Å². The zero-order valence-electron chi connectivity index (χ0n) is 18.1. The molecule has 4 nitrogen and oxygen atoms in total. The lowest BCUT2D eigenvalue weighted by Gasteiger charge is -2.40. The number of nitrogens with zero attached hydrogens (tertiary/aromatic N) is 1. The minimum atomic E-state index is -4.69. The van der Waals surface area contributed by atoms with Crippen molar-refractivity contribution in [2.45, 2.75) is 38.5 Å². The molecule has 1 fully saturated rings. The number of carbonyl (C=O) groups excluding carboxylic acids is 1. The number of hydrogen-bond donors (Lipinski definition) is 1. The Balaban J connectivity index is 2.06. The molecular formula is C23H29ClF3N2O2+. The lowest BCUT2D eigenvalue weighted by atomic mass is 10.0. The first kappa shape index (κ1) is 25.2. The van der Waals surface area contributed by atoms with Crippen molar-refractivity contribution < 1.29 is 27.2 Å². The van der Waals surface area contributed by atoms with E-state index in [1.54, 1.807) is 12.1 Å². The SMILES string of the molecule is C=C/C(Cl)=C(\C=C(/C)C(=O)Nc1ccc(C[N+](C)(C)C2CCOCC2)cc1)C(F)(F)F.